The Bertz CT molecular complexity index is 535. The van der Waals surface area contributed by atoms with Crippen LogP contribution in [-0.4, -0.2) is 24.9 Å². The summed E-state index contributed by atoms with van der Waals surface area (Å²) in [5, 5.41) is 12.6. The summed E-state index contributed by atoms with van der Waals surface area (Å²) >= 11 is 0. The lowest BCUT2D eigenvalue weighted by atomic mass is 10.3. The first-order chi connectivity index (χ1) is 10.2. The minimum atomic E-state index is -0.747. The van der Waals surface area contributed by atoms with Gasteiger partial charge < -0.3 is 9.47 Å². The van der Waals surface area contributed by atoms with Crippen LogP contribution >= 0.6 is 0 Å². The lowest BCUT2D eigenvalue weighted by Gasteiger charge is -2.07. The van der Waals surface area contributed by atoms with Crippen LogP contribution in [0.15, 0.2) is 29.4 Å². The number of nitrogens with zero attached hydrogens (tertiary/aromatic N) is 2. The van der Waals surface area contributed by atoms with Crippen molar-refractivity contribution in [3.8, 4) is 11.8 Å². The molecule has 0 heterocycles. The third kappa shape index (κ3) is 5.95. The number of benzene rings is 1. The molecule has 21 heavy (non-hydrogen) atoms. The average molecular weight is 289 g/mol. The first-order valence-corrected chi connectivity index (χ1v) is 6.85. The van der Waals surface area contributed by atoms with E-state index in [0.717, 1.165) is 12.8 Å². The molecule has 0 saturated heterocycles. The predicted molar refractivity (Wildman–Crippen MR) is 80.1 cm³/mol. The molecule has 0 aromatic heterocycles. The van der Waals surface area contributed by atoms with Crippen LogP contribution in [0.5, 0.6) is 5.75 Å². The van der Waals surface area contributed by atoms with Gasteiger partial charge in [-0.3, -0.25) is 5.43 Å². The summed E-state index contributed by atoms with van der Waals surface area (Å²) in [7, 11) is 0. The zero-order chi connectivity index (χ0) is 15.5. The Morgan fingerprint density at radius 3 is 2.90 bits per heavy atom. The number of carbonyl (C=O) groups excluding carboxylic acids is 1. The Balaban J connectivity index is 2.67. The number of nitriles is 1. The van der Waals surface area contributed by atoms with Gasteiger partial charge in [-0.25, -0.2) is 4.79 Å². The maximum absolute atomic E-state index is 11.4. The highest BCUT2D eigenvalue weighted by Gasteiger charge is 2.11. The van der Waals surface area contributed by atoms with Crippen molar-refractivity contribution in [3.63, 3.8) is 0 Å². The van der Waals surface area contributed by atoms with Crippen LogP contribution in [0.25, 0.3) is 0 Å². The van der Waals surface area contributed by atoms with Gasteiger partial charge in [0, 0.05) is 6.07 Å². The van der Waals surface area contributed by atoms with Gasteiger partial charge in [0.25, 0.3) is 0 Å². The molecule has 6 nitrogen and oxygen atoms in total. The lowest BCUT2D eigenvalue weighted by Crippen LogP contribution is -2.17. The topological polar surface area (TPSA) is 83.7 Å². The van der Waals surface area contributed by atoms with Gasteiger partial charge in [0.15, 0.2) is 0 Å². The second kappa shape index (κ2) is 9.37. The molecule has 0 atom stereocenters. The minimum absolute atomic E-state index is 0.195. The zero-order valence-electron chi connectivity index (χ0n) is 12.3. The van der Waals surface area contributed by atoms with Crippen molar-refractivity contribution in [1.29, 1.82) is 5.26 Å². The van der Waals surface area contributed by atoms with E-state index in [1.807, 2.05) is 6.07 Å². The van der Waals surface area contributed by atoms with Crippen LogP contribution in [0.3, 0.4) is 0 Å². The maximum Gasteiger partial charge on any atom is 0.369 e. The van der Waals surface area contributed by atoms with Crippen LogP contribution in [0.2, 0.25) is 0 Å². The van der Waals surface area contributed by atoms with E-state index in [2.05, 4.69) is 17.5 Å². The fourth-order valence-electron chi connectivity index (χ4n) is 1.43. The number of anilines is 1. The number of ether oxygens (including phenoxy) is 2. The Morgan fingerprint density at radius 2 is 2.24 bits per heavy atom. The Morgan fingerprint density at radius 1 is 1.43 bits per heavy atom. The second-order valence-electron chi connectivity index (χ2n) is 4.13. The van der Waals surface area contributed by atoms with Gasteiger partial charge in [-0.05, 0) is 25.5 Å². The van der Waals surface area contributed by atoms with E-state index in [1.54, 1.807) is 31.2 Å². The number of unbranched alkanes of at least 4 members (excludes halogenated alkanes) is 1. The average Bonchev–Trinajstić information content (AvgIpc) is 2.49. The summed E-state index contributed by atoms with van der Waals surface area (Å²) in [5.74, 6) is -0.0406. The van der Waals surface area contributed by atoms with Gasteiger partial charge in [-0.2, -0.15) is 10.4 Å². The van der Waals surface area contributed by atoms with Crippen molar-refractivity contribution in [2.24, 2.45) is 5.10 Å². The molecule has 1 rings (SSSR count). The highest BCUT2D eigenvalue weighted by molar-refractivity contribution is 6.43. The predicted octanol–water partition coefficient (Wildman–Crippen LogP) is 2.72. The Labute approximate surface area is 124 Å². The summed E-state index contributed by atoms with van der Waals surface area (Å²) < 4.78 is 10.3. The van der Waals surface area contributed by atoms with Crippen molar-refractivity contribution < 1.29 is 14.3 Å². The van der Waals surface area contributed by atoms with E-state index < -0.39 is 5.97 Å². The van der Waals surface area contributed by atoms with Crippen molar-refractivity contribution in [1.82, 2.24) is 0 Å². The number of esters is 1. The van der Waals surface area contributed by atoms with E-state index in [9.17, 15) is 4.79 Å². The Kier molecular flexibility index (Phi) is 7.36. The smallest absolute Gasteiger partial charge is 0.369 e. The molecule has 0 bridgehead atoms. The van der Waals surface area contributed by atoms with Crippen LogP contribution in [0.4, 0.5) is 5.69 Å². The SMILES string of the molecule is CCCCOc1cccc(N/N=C(/C#N)C(=O)OCC)c1. The molecule has 0 spiro atoms. The van der Waals surface area contributed by atoms with Gasteiger partial charge >= 0.3 is 5.97 Å². The quantitative estimate of drug-likeness (QED) is 0.344. The van der Waals surface area contributed by atoms with Gasteiger partial charge in [-0.1, -0.05) is 19.4 Å². The van der Waals surface area contributed by atoms with Crippen LogP contribution in [-0.2, 0) is 9.53 Å². The van der Waals surface area contributed by atoms with Crippen LogP contribution < -0.4 is 10.2 Å². The van der Waals surface area contributed by atoms with Gasteiger partial charge in [0.2, 0.25) is 5.71 Å². The number of rotatable bonds is 8. The summed E-state index contributed by atoms with van der Waals surface area (Å²) in [5.41, 5.74) is 2.95. The molecular weight excluding hydrogens is 270 g/mol. The summed E-state index contributed by atoms with van der Waals surface area (Å²) in [6.07, 6.45) is 2.05. The van der Waals surface area contributed by atoms with E-state index in [1.165, 1.54) is 0 Å². The van der Waals surface area contributed by atoms with Crippen LogP contribution in [0.1, 0.15) is 26.7 Å². The molecule has 0 aliphatic heterocycles. The fraction of sp³-hybridized carbons (Fsp3) is 0.400. The number of hydrazone groups is 1. The third-order valence-corrected chi connectivity index (χ3v) is 2.47. The summed E-state index contributed by atoms with van der Waals surface area (Å²) in [6.45, 7) is 4.60. The molecule has 0 radical (unpaired) electrons. The van der Waals surface area contributed by atoms with Crippen molar-refractivity contribution >= 4 is 17.4 Å². The molecule has 1 N–H and O–H groups in total. The molecule has 6 heteroatoms. The molecule has 0 amide bonds. The second-order valence-corrected chi connectivity index (χ2v) is 4.13. The van der Waals surface area contributed by atoms with Crippen LogP contribution in [0, 0.1) is 11.3 Å². The maximum atomic E-state index is 11.4. The van der Waals surface area contributed by atoms with E-state index in [0.29, 0.717) is 18.0 Å². The van der Waals surface area contributed by atoms with Crippen molar-refractivity contribution in [3.05, 3.63) is 24.3 Å². The number of hydrogen-bond donors (Lipinski definition) is 1. The fourth-order valence-corrected chi connectivity index (χ4v) is 1.43. The van der Waals surface area contributed by atoms with E-state index in [4.69, 9.17) is 14.7 Å². The van der Waals surface area contributed by atoms with Crippen molar-refractivity contribution in [2.75, 3.05) is 18.6 Å². The molecule has 0 unspecified atom stereocenters. The van der Waals surface area contributed by atoms with Gasteiger partial charge in [0.1, 0.15) is 11.8 Å². The Hall–Kier alpha value is -2.55. The molecule has 112 valence electrons. The first-order valence-electron chi connectivity index (χ1n) is 6.85. The minimum Gasteiger partial charge on any atom is -0.494 e. The lowest BCUT2D eigenvalue weighted by molar-refractivity contribution is -0.134. The van der Waals surface area contributed by atoms with E-state index >= 15 is 0 Å². The molecular formula is C15H19N3O3. The molecule has 1 aromatic rings. The number of hydrogen-bond acceptors (Lipinski definition) is 6. The molecule has 0 fully saturated rings. The monoisotopic (exact) mass is 289 g/mol. The highest BCUT2D eigenvalue weighted by Crippen LogP contribution is 2.17. The summed E-state index contributed by atoms with van der Waals surface area (Å²) in [4.78, 5) is 11.4. The van der Waals surface area contributed by atoms with Gasteiger partial charge in [-0.15, -0.1) is 0 Å². The van der Waals surface area contributed by atoms with Gasteiger partial charge in [0.05, 0.1) is 18.9 Å². The normalized spacial score (nSPS) is 10.6. The number of carbonyl (C=O) groups is 1. The van der Waals surface area contributed by atoms with Crippen molar-refractivity contribution in [2.45, 2.75) is 26.7 Å². The standard InChI is InChI=1S/C15H19N3O3/c1-3-5-9-21-13-8-6-7-12(10-13)17-18-14(11-16)15(19)20-4-2/h6-8,10,17H,3-5,9H2,1-2H3/b18-14-. The molecule has 0 saturated carbocycles. The van der Waals surface area contributed by atoms with E-state index in [-0.39, 0.29) is 12.3 Å². The summed E-state index contributed by atoms with van der Waals surface area (Å²) in [6, 6.07) is 8.84. The molecule has 0 aliphatic carbocycles. The molecule has 1 aromatic carbocycles. The number of nitrogens with one attached hydrogen (secondary N) is 1. The first kappa shape index (κ1) is 16.5. The highest BCUT2D eigenvalue weighted by atomic mass is 16.5. The molecule has 0 aliphatic rings. The third-order valence-electron chi connectivity index (χ3n) is 2.47. The zero-order valence-corrected chi connectivity index (χ0v) is 12.3. The largest absolute Gasteiger partial charge is 0.494 e.